The fourth-order valence-corrected chi connectivity index (χ4v) is 1.52. The van der Waals surface area contributed by atoms with E-state index < -0.39 is 29.9 Å². The van der Waals surface area contributed by atoms with Gasteiger partial charge in [0, 0.05) is 19.2 Å². The predicted octanol–water partition coefficient (Wildman–Crippen LogP) is -0.980. The van der Waals surface area contributed by atoms with E-state index in [2.05, 4.69) is 12.6 Å². The van der Waals surface area contributed by atoms with E-state index in [1.165, 1.54) is 7.05 Å². The summed E-state index contributed by atoms with van der Waals surface area (Å²) >= 11 is 3.84. The van der Waals surface area contributed by atoms with Crippen LogP contribution in [0.25, 0.3) is 0 Å². The average molecular weight is 264 g/mol. The van der Waals surface area contributed by atoms with Crippen molar-refractivity contribution in [2.45, 2.75) is 24.9 Å². The van der Waals surface area contributed by atoms with E-state index in [0.29, 0.717) is 0 Å². The van der Waals surface area contributed by atoms with Crippen molar-refractivity contribution < 1.29 is 24.6 Å². The first-order valence-corrected chi connectivity index (χ1v) is 5.52. The molecule has 0 unspecified atom stereocenters. The highest BCUT2D eigenvalue weighted by molar-refractivity contribution is 7.80. The van der Waals surface area contributed by atoms with Gasteiger partial charge in [-0.2, -0.15) is 12.6 Å². The second kappa shape index (κ2) is 7.13. The third-order valence-corrected chi connectivity index (χ3v) is 2.65. The first kappa shape index (κ1) is 15.7. The molecule has 0 aromatic heterocycles. The summed E-state index contributed by atoms with van der Waals surface area (Å²) in [5, 5.41) is 17.3. The Hall–Kier alpha value is -1.28. The van der Waals surface area contributed by atoms with E-state index >= 15 is 0 Å². The molecule has 0 aliphatic rings. The molecule has 0 aliphatic heterocycles. The normalized spacial score (nSPS) is 13.8. The van der Waals surface area contributed by atoms with Crippen LogP contribution in [0.2, 0.25) is 0 Å². The Balaban J connectivity index is 4.31. The minimum atomic E-state index is -1.19. The van der Waals surface area contributed by atoms with Gasteiger partial charge in [0.2, 0.25) is 5.91 Å². The molecule has 0 aliphatic carbocycles. The Kier molecular flexibility index (Phi) is 6.59. The van der Waals surface area contributed by atoms with Gasteiger partial charge in [-0.05, 0) is 6.42 Å². The first-order chi connectivity index (χ1) is 7.81. The smallest absolute Gasteiger partial charge is 0.327 e. The molecule has 7 nitrogen and oxygen atoms in total. The third kappa shape index (κ3) is 5.05. The van der Waals surface area contributed by atoms with Gasteiger partial charge in [0.05, 0.1) is 0 Å². The molecule has 0 saturated carbocycles. The highest BCUT2D eigenvalue weighted by Crippen LogP contribution is 2.05. The lowest BCUT2D eigenvalue weighted by molar-refractivity contribution is -0.148. The molecule has 8 heteroatoms. The van der Waals surface area contributed by atoms with E-state index in [1.54, 1.807) is 0 Å². The second-order valence-corrected chi connectivity index (χ2v) is 3.89. The lowest BCUT2D eigenvalue weighted by Gasteiger charge is -2.23. The van der Waals surface area contributed by atoms with Gasteiger partial charge in [0.1, 0.15) is 12.1 Å². The summed E-state index contributed by atoms with van der Waals surface area (Å²) in [6.45, 7) is 0. The molecular formula is C9H16N2O5S. The van der Waals surface area contributed by atoms with Crippen LogP contribution in [0.4, 0.5) is 0 Å². The van der Waals surface area contributed by atoms with Crippen molar-refractivity contribution >= 4 is 30.5 Å². The fourth-order valence-electron chi connectivity index (χ4n) is 1.12. The van der Waals surface area contributed by atoms with E-state index in [9.17, 15) is 14.4 Å². The number of rotatable bonds is 7. The molecule has 98 valence electrons. The van der Waals surface area contributed by atoms with E-state index in [0.717, 1.165) is 4.90 Å². The number of nitrogens with zero attached hydrogens (tertiary/aromatic N) is 1. The Morgan fingerprint density at radius 1 is 1.29 bits per heavy atom. The van der Waals surface area contributed by atoms with Crippen molar-refractivity contribution in [3.05, 3.63) is 0 Å². The maximum absolute atomic E-state index is 11.6. The Bertz CT molecular complexity index is 310. The van der Waals surface area contributed by atoms with Crippen LogP contribution in [-0.2, 0) is 14.4 Å². The number of carbonyl (C=O) groups is 3. The Morgan fingerprint density at radius 3 is 2.18 bits per heavy atom. The van der Waals surface area contributed by atoms with Gasteiger partial charge in [0.25, 0.3) is 0 Å². The maximum atomic E-state index is 11.6. The Labute approximate surface area is 104 Å². The fraction of sp³-hybridized carbons (Fsp3) is 0.667. The van der Waals surface area contributed by atoms with Gasteiger partial charge in [-0.1, -0.05) is 0 Å². The summed E-state index contributed by atoms with van der Waals surface area (Å²) in [7, 11) is 1.34. The van der Waals surface area contributed by atoms with Crippen LogP contribution in [0.1, 0.15) is 12.8 Å². The molecule has 1 amide bonds. The summed E-state index contributed by atoms with van der Waals surface area (Å²) < 4.78 is 0. The third-order valence-electron chi connectivity index (χ3n) is 2.31. The van der Waals surface area contributed by atoms with Crippen LogP contribution in [0, 0.1) is 0 Å². The molecule has 0 radical (unpaired) electrons. The molecule has 17 heavy (non-hydrogen) atoms. The quantitative estimate of drug-likeness (QED) is 0.439. The minimum Gasteiger partial charge on any atom is -0.480 e. The van der Waals surface area contributed by atoms with Crippen molar-refractivity contribution in [3.8, 4) is 0 Å². The van der Waals surface area contributed by atoms with Crippen LogP contribution < -0.4 is 5.73 Å². The molecule has 0 fully saturated rings. The average Bonchev–Trinajstić information content (AvgIpc) is 2.25. The number of carboxylic acids is 2. The topological polar surface area (TPSA) is 121 Å². The van der Waals surface area contributed by atoms with Crippen molar-refractivity contribution in [3.63, 3.8) is 0 Å². The number of carboxylic acid groups (broad SMARTS) is 2. The molecule has 0 rings (SSSR count). The van der Waals surface area contributed by atoms with E-state index in [4.69, 9.17) is 15.9 Å². The zero-order chi connectivity index (χ0) is 13.6. The standard InChI is InChI=1S/C9H16N2O5S/c1-11(6(4-17)9(15)16)7(12)3-2-5(10)8(13)14/h5-6,17H,2-4,10H2,1H3,(H,13,14)(H,15,16)/t5-,6-/m0/s1. The van der Waals surface area contributed by atoms with Crippen LogP contribution in [0.3, 0.4) is 0 Å². The molecule has 0 bridgehead atoms. The van der Waals surface area contributed by atoms with Crippen molar-refractivity contribution in [2.24, 2.45) is 5.73 Å². The zero-order valence-electron chi connectivity index (χ0n) is 9.37. The molecule has 0 heterocycles. The van der Waals surface area contributed by atoms with E-state index in [1.807, 2.05) is 0 Å². The van der Waals surface area contributed by atoms with Gasteiger partial charge in [0.15, 0.2) is 0 Å². The lowest BCUT2D eigenvalue weighted by atomic mass is 10.1. The number of hydrogen-bond acceptors (Lipinski definition) is 5. The number of likely N-dealkylation sites (N-methyl/N-ethyl adjacent to an activating group) is 1. The van der Waals surface area contributed by atoms with Gasteiger partial charge in [-0.15, -0.1) is 0 Å². The number of aliphatic carboxylic acids is 2. The SMILES string of the molecule is CN(C(=O)CC[C@H](N)C(=O)O)[C@@H](CS)C(=O)O. The summed E-state index contributed by atoms with van der Waals surface area (Å²) in [5.74, 6) is -2.83. The maximum Gasteiger partial charge on any atom is 0.327 e. The monoisotopic (exact) mass is 264 g/mol. The first-order valence-electron chi connectivity index (χ1n) is 4.89. The molecule has 0 saturated heterocycles. The van der Waals surface area contributed by atoms with Gasteiger partial charge in [-0.3, -0.25) is 9.59 Å². The number of thiol groups is 1. The second-order valence-electron chi connectivity index (χ2n) is 3.52. The summed E-state index contributed by atoms with van der Waals surface area (Å²) in [6, 6.07) is -2.14. The number of carbonyl (C=O) groups excluding carboxylic acids is 1. The van der Waals surface area contributed by atoms with Gasteiger partial charge >= 0.3 is 11.9 Å². The molecule has 2 atom stereocenters. The molecule has 0 aromatic rings. The van der Waals surface area contributed by atoms with Crippen molar-refractivity contribution in [1.82, 2.24) is 4.90 Å². The van der Waals surface area contributed by atoms with Crippen LogP contribution in [-0.4, -0.2) is 57.8 Å². The zero-order valence-corrected chi connectivity index (χ0v) is 10.3. The molecule has 0 aromatic carbocycles. The number of amides is 1. The largest absolute Gasteiger partial charge is 0.480 e. The summed E-state index contributed by atoms with van der Waals surface area (Å²) in [5.41, 5.74) is 5.23. The molecule has 0 spiro atoms. The summed E-state index contributed by atoms with van der Waals surface area (Å²) in [6.07, 6.45) is -0.140. The van der Waals surface area contributed by atoms with Crippen LogP contribution >= 0.6 is 12.6 Å². The highest BCUT2D eigenvalue weighted by Gasteiger charge is 2.25. The number of nitrogens with two attached hydrogens (primary N) is 1. The van der Waals surface area contributed by atoms with Gasteiger partial charge in [-0.25, -0.2) is 4.79 Å². The summed E-state index contributed by atoms with van der Waals surface area (Å²) in [4.78, 5) is 33.8. The number of hydrogen-bond donors (Lipinski definition) is 4. The highest BCUT2D eigenvalue weighted by atomic mass is 32.1. The van der Waals surface area contributed by atoms with Crippen LogP contribution in [0.15, 0.2) is 0 Å². The predicted molar refractivity (Wildman–Crippen MR) is 62.9 cm³/mol. The Morgan fingerprint density at radius 2 is 1.82 bits per heavy atom. The molecule has 4 N–H and O–H groups in total. The van der Waals surface area contributed by atoms with Crippen molar-refractivity contribution in [2.75, 3.05) is 12.8 Å². The molecular weight excluding hydrogens is 248 g/mol. The van der Waals surface area contributed by atoms with Gasteiger partial charge < -0.3 is 20.8 Å². The van der Waals surface area contributed by atoms with Crippen molar-refractivity contribution in [1.29, 1.82) is 0 Å². The lowest BCUT2D eigenvalue weighted by Crippen LogP contribution is -2.44. The minimum absolute atomic E-state index is 0.0114. The van der Waals surface area contributed by atoms with Crippen LogP contribution in [0.5, 0.6) is 0 Å². The van der Waals surface area contributed by atoms with E-state index in [-0.39, 0.29) is 18.6 Å².